The summed E-state index contributed by atoms with van der Waals surface area (Å²) in [5.41, 5.74) is -1.40. The molecule has 0 saturated carbocycles. The highest BCUT2D eigenvalue weighted by Gasteiger charge is 2.75. The Kier molecular flexibility index (Phi) is 4.16. The third kappa shape index (κ3) is 2.40. The second kappa shape index (κ2) is 5.33. The molecule has 2 rings (SSSR count). The maximum Gasteiger partial charge on any atom is 0.509 e. The summed E-state index contributed by atoms with van der Waals surface area (Å²) < 4.78 is 10.5. The van der Waals surface area contributed by atoms with Crippen LogP contribution in [0.2, 0.25) is 18.1 Å². The molecule has 2 saturated heterocycles. The van der Waals surface area contributed by atoms with Crippen molar-refractivity contribution < 1.29 is 23.9 Å². The van der Waals surface area contributed by atoms with E-state index in [9.17, 15) is 14.4 Å². The van der Waals surface area contributed by atoms with Gasteiger partial charge in [-0.2, -0.15) is 0 Å². The van der Waals surface area contributed by atoms with Crippen LogP contribution >= 0.6 is 0 Å². The first-order chi connectivity index (χ1) is 10.4. The van der Waals surface area contributed by atoms with Crippen molar-refractivity contribution in [3.05, 3.63) is 0 Å². The maximum atomic E-state index is 13.3. The molecule has 129 valence electrons. The number of carbonyl (C=O) groups excluding carboxylic acids is 3. The lowest BCUT2D eigenvalue weighted by Crippen LogP contribution is -2.79. The average Bonchev–Trinajstić information content (AvgIpc) is 2.66. The molecular weight excluding hydrogens is 314 g/mol. The topological polar surface area (TPSA) is 72.9 Å². The molecule has 0 aliphatic carbocycles. The molecule has 2 aliphatic heterocycles. The lowest BCUT2D eigenvalue weighted by molar-refractivity contribution is -0.180. The standard InChI is InChI=1S/C16H26NO5Si/c1-10(18)8-11-16(23(6)7,12(19)17(11)14(2,3)4)15(5)9-21-13(20)22-15/h11H,8-9H2,1-7H3. The van der Waals surface area contributed by atoms with Crippen LogP contribution in [0.5, 0.6) is 0 Å². The minimum Gasteiger partial charge on any atom is -0.430 e. The van der Waals surface area contributed by atoms with Gasteiger partial charge in [0.25, 0.3) is 0 Å². The fourth-order valence-corrected chi connectivity index (χ4v) is 6.81. The number of hydrogen-bond acceptors (Lipinski definition) is 5. The molecule has 0 aromatic carbocycles. The van der Waals surface area contributed by atoms with Crippen molar-refractivity contribution in [2.75, 3.05) is 6.61 Å². The summed E-state index contributed by atoms with van der Waals surface area (Å²) in [6.45, 7) is 13.3. The van der Waals surface area contributed by atoms with Crippen molar-refractivity contribution in [3.63, 3.8) is 0 Å². The third-order valence-corrected chi connectivity index (χ3v) is 7.62. The summed E-state index contributed by atoms with van der Waals surface area (Å²) in [6.07, 6.45) is -0.467. The van der Waals surface area contributed by atoms with Crippen molar-refractivity contribution in [3.8, 4) is 0 Å². The summed E-state index contributed by atoms with van der Waals surface area (Å²) in [7, 11) is -1.23. The monoisotopic (exact) mass is 340 g/mol. The number of carbonyl (C=O) groups is 3. The first kappa shape index (κ1) is 18.0. The van der Waals surface area contributed by atoms with Gasteiger partial charge in [-0.1, -0.05) is 13.1 Å². The normalized spacial score (nSPS) is 34.3. The molecule has 0 spiro atoms. The number of ketones is 1. The highest BCUT2D eigenvalue weighted by atomic mass is 28.3. The van der Waals surface area contributed by atoms with Crippen LogP contribution < -0.4 is 0 Å². The summed E-state index contributed by atoms with van der Waals surface area (Å²) in [5, 5.41) is -0.844. The van der Waals surface area contributed by atoms with E-state index in [4.69, 9.17) is 9.47 Å². The van der Waals surface area contributed by atoms with Crippen molar-refractivity contribution in [2.45, 2.75) is 76.4 Å². The Morgan fingerprint density at radius 3 is 2.26 bits per heavy atom. The van der Waals surface area contributed by atoms with E-state index in [1.165, 1.54) is 6.92 Å². The molecule has 2 fully saturated rings. The fourth-order valence-electron chi connectivity index (χ4n) is 4.18. The highest BCUT2D eigenvalue weighted by molar-refractivity contribution is 6.66. The number of ether oxygens (including phenoxy) is 2. The molecule has 23 heavy (non-hydrogen) atoms. The zero-order chi connectivity index (χ0) is 17.8. The molecule has 0 N–H and O–H groups in total. The lowest BCUT2D eigenvalue weighted by atomic mass is 9.70. The quantitative estimate of drug-likeness (QED) is 0.446. The SMILES string of the molecule is CC(=O)CC1N(C(C)(C)C)C(=O)C1([Si](C)C)C1(C)COC(=O)O1. The Bertz CT molecular complexity index is 555. The van der Waals surface area contributed by atoms with E-state index in [1.54, 1.807) is 11.8 Å². The van der Waals surface area contributed by atoms with Crippen LogP contribution in [0.3, 0.4) is 0 Å². The number of rotatable bonds is 4. The molecule has 3 atom stereocenters. The van der Waals surface area contributed by atoms with Crippen molar-refractivity contribution in [2.24, 2.45) is 0 Å². The highest BCUT2D eigenvalue weighted by Crippen LogP contribution is 2.61. The van der Waals surface area contributed by atoms with E-state index in [0.29, 0.717) is 0 Å². The summed E-state index contributed by atoms with van der Waals surface area (Å²) in [6, 6.07) is -0.268. The molecular formula is C16H26NO5Si. The van der Waals surface area contributed by atoms with E-state index >= 15 is 0 Å². The van der Waals surface area contributed by atoms with E-state index in [1.807, 2.05) is 33.9 Å². The fraction of sp³-hybridized carbons (Fsp3) is 0.812. The number of likely N-dealkylation sites (tertiary alicyclic amines) is 1. The largest absolute Gasteiger partial charge is 0.509 e. The molecule has 2 heterocycles. The van der Waals surface area contributed by atoms with Crippen molar-refractivity contribution in [1.82, 2.24) is 4.90 Å². The second-order valence-electron chi connectivity index (χ2n) is 7.95. The number of nitrogens with zero attached hydrogens (tertiary/aromatic N) is 1. The van der Waals surface area contributed by atoms with E-state index in [-0.39, 0.29) is 30.8 Å². The van der Waals surface area contributed by atoms with Crippen LogP contribution in [0.15, 0.2) is 0 Å². The molecule has 1 amide bonds. The third-order valence-electron chi connectivity index (χ3n) is 4.97. The van der Waals surface area contributed by atoms with Crippen LogP contribution in [0, 0.1) is 0 Å². The van der Waals surface area contributed by atoms with Crippen LogP contribution in [0.25, 0.3) is 0 Å². The first-order valence-electron chi connectivity index (χ1n) is 7.87. The molecule has 7 heteroatoms. The Labute approximate surface area is 139 Å². The molecule has 0 aromatic rings. The predicted molar refractivity (Wildman–Crippen MR) is 86.7 cm³/mol. The van der Waals surface area contributed by atoms with Gasteiger partial charge in [-0.05, 0) is 34.6 Å². The van der Waals surface area contributed by atoms with Crippen molar-refractivity contribution >= 4 is 26.6 Å². The van der Waals surface area contributed by atoms with Crippen molar-refractivity contribution in [1.29, 1.82) is 0 Å². The second-order valence-corrected chi connectivity index (χ2v) is 10.7. The zero-order valence-electron chi connectivity index (χ0n) is 15.0. The van der Waals surface area contributed by atoms with Gasteiger partial charge in [0.2, 0.25) is 5.91 Å². The number of β-lactam (4-membered cyclic amide) rings is 1. The van der Waals surface area contributed by atoms with E-state index in [0.717, 1.165) is 0 Å². The zero-order valence-corrected chi connectivity index (χ0v) is 16.0. The summed E-state index contributed by atoms with van der Waals surface area (Å²) in [4.78, 5) is 38.4. The molecule has 6 nitrogen and oxygen atoms in total. The molecule has 2 aliphatic rings. The molecule has 3 unspecified atom stereocenters. The van der Waals surface area contributed by atoms with Gasteiger partial charge < -0.3 is 14.4 Å². The van der Waals surface area contributed by atoms with Gasteiger partial charge in [0.1, 0.15) is 17.4 Å². The maximum absolute atomic E-state index is 13.3. The number of cyclic esters (lactones) is 2. The Morgan fingerprint density at radius 1 is 1.35 bits per heavy atom. The molecule has 0 aromatic heterocycles. The molecule has 1 radical (unpaired) electrons. The van der Waals surface area contributed by atoms with Gasteiger partial charge in [0, 0.05) is 12.0 Å². The Hall–Kier alpha value is -1.37. The Morgan fingerprint density at radius 2 is 1.91 bits per heavy atom. The minimum absolute atomic E-state index is 0.0261. The van der Waals surface area contributed by atoms with Crippen LogP contribution in [0.1, 0.15) is 41.0 Å². The smallest absolute Gasteiger partial charge is 0.430 e. The van der Waals surface area contributed by atoms with Gasteiger partial charge in [-0.3, -0.25) is 9.59 Å². The van der Waals surface area contributed by atoms with Gasteiger partial charge in [0.15, 0.2) is 5.60 Å². The Balaban J connectivity index is 2.55. The summed E-state index contributed by atoms with van der Waals surface area (Å²) >= 11 is 0. The van der Waals surface area contributed by atoms with Crippen LogP contribution in [-0.2, 0) is 19.1 Å². The molecule has 0 bridgehead atoms. The van der Waals surface area contributed by atoms with Gasteiger partial charge in [-0.25, -0.2) is 4.79 Å². The average molecular weight is 340 g/mol. The van der Waals surface area contributed by atoms with Gasteiger partial charge in [-0.15, -0.1) is 0 Å². The van der Waals surface area contributed by atoms with Crippen LogP contribution in [0.4, 0.5) is 4.79 Å². The predicted octanol–water partition coefficient (Wildman–Crippen LogP) is 2.40. The number of hydrogen-bond donors (Lipinski definition) is 0. The van der Waals surface area contributed by atoms with Gasteiger partial charge >= 0.3 is 6.16 Å². The minimum atomic E-state index is -1.23. The van der Waals surface area contributed by atoms with E-state index < -0.39 is 31.1 Å². The summed E-state index contributed by atoms with van der Waals surface area (Å²) in [5.74, 6) is -0.00541. The lowest BCUT2D eigenvalue weighted by Gasteiger charge is -2.65. The van der Waals surface area contributed by atoms with Gasteiger partial charge in [0.05, 0.1) is 14.8 Å². The first-order valence-corrected chi connectivity index (χ1v) is 10.4. The van der Waals surface area contributed by atoms with E-state index in [2.05, 4.69) is 0 Å². The van der Waals surface area contributed by atoms with Crippen LogP contribution in [-0.4, -0.2) is 55.3 Å². The number of Topliss-reactive ketones (excluding diaryl/α,β-unsaturated/α-hetero) is 1. The number of amides is 1.